The smallest absolute Gasteiger partial charge is 0.223 e. The van der Waals surface area contributed by atoms with Crippen molar-refractivity contribution >= 4 is 5.82 Å². The van der Waals surface area contributed by atoms with E-state index in [1.165, 1.54) is 31.2 Å². The molecule has 1 N–H and O–H groups in total. The van der Waals surface area contributed by atoms with Gasteiger partial charge >= 0.3 is 0 Å². The van der Waals surface area contributed by atoms with Crippen molar-refractivity contribution in [2.45, 2.75) is 64.3 Å². The Hall–Kier alpha value is -2.86. The van der Waals surface area contributed by atoms with Crippen molar-refractivity contribution in [3.8, 4) is 28.3 Å². The number of rotatable bonds is 3. The largest absolute Gasteiger partial charge is 0.472 e. The van der Waals surface area contributed by atoms with Crippen LogP contribution in [0.5, 0.6) is 5.88 Å². The Bertz CT molecular complexity index is 1160. The number of ether oxygens (including phenoxy) is 1. The molecule has 0 radical (unpaired) electrons. The van der Waals surface area contributed by atoms with Crippen LogP contribution in [0.1, 0.15) is 44.1 Å². The fraction of sp³-hybridized carbons (Fsp3) is 0.462. The van der Waals surface area contributed by atoms with Gasteiger partial charge in [0.1, 0.15) is 12.4 Å². The van der Waals surface area contributed by atoms with E-state index in [2.05, 4.69) is 59.5 Å². The van der Waals surface area contributed by atoms with Gasteiger partial charge in [0, 0.05) is 43.2 Å². The molecule has 6 nitrogen and oxygen atoms in total. The topological polar surface area (TPSA) is 63.4 Å². The zero-order valence-electron chi connectivity index (χ0n) is 19.0. The van der Waals surface area contributed by atoms with E-state index in [1.54, 1.807) is 6.20 Å². The summed E-state index contributed by atoms with van der Waals surface area (Å²) in [6.07, 6.45) is 6.82. The zero-order valence-corrected chi connectivity index (χ0v) is 19.0. The molecule has 5 heterocycles. The molecule has 3 aromatic rings. The molecule has 4 atom stereocenters. The molecule has 2 fully saturated rings. The Kier molecular flexibility index (Phi) is 4.72. The van der Waals surface area contributed by atoms with E-state index in [4.69, 9.17) is 14.1 Å². The quantitative estimate of drug-likeness (QED) is 0.634. The van der Waals surface area contributed by atoms with Crippen LogP contribution in [0.2, 0.25) is 0 Å². The number of anilines is 1. The Labute approximate surface area is 189 Å². The molecule has 3 aliphatic rings. The van der Waals surface area contributed by atoms with E-state index in [-0.39, 0.29) is 0 Å². The molecule has 0 aliphatic carbocycles. The van der Waals surface area contributed by atoms with E-state index < -0.39 is 0 Å². The van der Waals surface area contributed by atoms with Crippen LogP contribution in [0.4, 0.5) is 5.82 Å². The number of pyridine rings is 1. The zero-order chi connectivity index (χ0) is 21.8. The van der Waals surface area contributed by atoms with Crippen LogP contribution in [-0.2, 0) is 6.61 Å². The lowest BCUT2D eigenvalue weighted by Gasteiger charge is -2.35. The summed E-state index contributed by atoms with van der Waals surface area (Å²) in [6, 6.07) is 12.5. The van der Waals surface area contributed by atoms with Crippen LogP contribution in [0.15, 0.2) is 40.9 Å². The van der Waals surface area contributed by atoms with Crippen LogP contribution in [0.3, 0.4) is 0 Å². The van der Waals surface area contributed by atoms with Gasteiger partial charge < -0.3 is 19.4 Å². The minimum atomic E-state index is 0.493. The Morgan fingerprint density at radius 3 is 2.69 bits per heavy atom. The van der Waals surface area contributed by atoms with Crippen molar-refractivity contribution < 1.29 is 9.15 Å². The van der Waals surface area contributed by atoms with Gasteiger partial charge in [-0.05, 0) is 60.9 Å². The lowest BCUT2D eigenvalue weighted by Crippen LogP contribution is -2.40. The summed E-state index contributed by atoms with van der Waals surface area (Å²) in [4.78, 5) is 11.5. The molecule has 1 unspecified atom stereocenters. The predicted octanol–water partition coefficient (Wildman–Crippen LogP) is 4.96. The molecule has 32 heavy (non-hydrogen) atoms. The van der Waals surface area contributed by atoms with Crippen molar-refractivity contribution in [3.05, 3.63) is 48.0 Å². The average molecular weight is 431 g/mol. The third-order valence-electron chi connectivity index (χ3n) is 7.54. The number of benzene rings is 1. The van der Waals surface area contributed by atoms with Crippen LogP contribution in [0.25, 0.3) is 22.5 Å². The van der Waals surface area contributed by atoms with Gasteiger partial charge in [0.05, 0.1) is 6.20 Å². The highest BCUT2D eigenvalue weighted by molar-refractivity contribution is 5.77. The van der Waals surface area contributed by atoms with Crippen LogP contribution >= 0.6 is 0 Å². The highest BCUT2D eigenvalue weighted by atomic mass is 16.5. The summed E-state index contributed by atoms with van der Waals surface area (Å²) in [6.45, 7) is 4.76. The average Bonchev–Trinajstić information content (AvgIpc) is 3.40. The van der Waals surface area contributed by atoms with Crippen molar-refractivity contribution in [2.24, 2.45) is 5.92 Å². The van der Waals surface area contributed by atoms with Crippen molar-refractivity contribution in [2.75, 3.05) is 11.9 Å². The standard InChI is InChI=1S/C26H30N4O2/c1-15-10-19-5-6-20(28-19)12-23(15)30(3)25-9-8-22-21-7-4-17(24-13-27-16(2)32-24)11-18(21)14-31-26(22)29-25/h4,7-9,11,13,15,19-20,23,28H,5-6,10,12,14H2,1-3H3/t15?,19-,20+,23+/m1/s1. The maximum Gasteiger partial charge on any atom is 0.223 e. The second kappa shape index (κ2) is 7.62. The summed E-state index contributed by atoms with van der Waals surface area (Å²) in [5.74, 6) is 3.82. The molecule has 3 aliphatic heterocycles. The Morgan fingerprint density at radius 2 is 1.88 bits per heavy atom. The predicted molar refractivity (Wildman–Crippen MR) is 125 cm³/mol. The van der Waals surface area contributed by atoms with Crippen molar-refractivity contribution in [1.29, 1.82) is 0 Å². The minimum absolute atomic E-state index is 0.493. The molecule has 166 valence electrons. The SMILES string of the molecule is Cc1ncc(-c2ccc3c(c2)COc2nc(N(C)[C@H]4C[C@@H]5CC[C@H](CC4C)N5)ccc2-3)o1. The number of nitrogens with zero attached hydrogens (tertiary/aromatic N) is 3. The van der Waals surface area contributed by atoms with Gasteiger partial charge in [-0.15, -0.1) is 0 Å². The van der Waals surface area contributed by atoms with E-state index >= 15 is 0 Å². The number of nitrogens with one attached hydrogen (secondary N) is 1. The first kappa shape index (κ1) is 19.8. The van der Waals surface area contributed by atoms with Gasteiger partial charge in [-0.1, -0.05) is 19.1 Å². The monoisotopic (exact) mass is 430 g/mol. The van der Waals surface area contributed by atoms with E-state index in [9.17, 15) is 0 Å². The number of fused-ring (bicyclic) bond motifs is 5. The first-order valence-electron chi connectivity index (χ1n) is 11.7. The highest BCUT2D eigenvalue weighted by Crippen LogP contribution is 2.40. The van der Waals surface area contributed by atoms with E-state index in [1.807, 2.05) is 6.92 Å². The molecular formula is C26H30N4O2. The molecule has 2 aromatic heterocycles. The van der Waals surface area contributed by atoms with Gasteiger partial charge in [-0.2, -0.15) is 4.98 Å². The third kappa shape index (κ3) is 3.37. The highest BCUT2D eigenvalue weighted by Gasteiger charge is 2.36. The normalized spacial score (nSPS) is 26.1. The second-order valence-electron chi connectivity index (χ2n) is 9.69. The van der Waals surface area contributed by atoms with Gasteiger partial charge in [0.25, 0.3) is 0 Å². The number of aryl methyl sites for hydroxylation is 1. The third-order valence-corrected chi connectivity index (χ3v) is 7.54. The first-order valence-corrected chi connectivity index (χ1v) is 11.7. The van der Waals surface area contributed by atoms with Crippen LogP contribution in [0, 0.1) is 12.8 Å². The fourth-order valence-electron chi connectivity index (χ4n) is 5.83. The number of hydrogen-bond donors (Lipinski definition) is 1. The molecule has 6 rings (SSSR count). The Morgan fingerprint density at radius 1 is 1.06 bits per heavy atom. The molecule has 2 saturated heterocycles. The molecule has 2 bridgehead atoms. The summed E-state index contributed by atoms with van der Waals surface area (Å²) in [7, 11) is 2.19. The lowest BCUT2D eigenvalue weighted by molar-refractivity contribution is 0.289. The maximum atomic E-state index is 6.13. The second-order valence-corrected chi connectivity index (χ2v) is 9.69. The summed E-state index contributed by atoms with van der Waals surface area (Å²) < 4.78 is 11.8. The molecular weight excluding hydrogens is 400 g/mol. The van der Waals surface area contributed by atoms with Gasteiger partial charge in [0.15, 0.2) is 11.7 Å². The Balaban J connectivity index is 1.28. The summed E-state index contributed by atoms with van der Waals surface area (Å²) in [5, 5.41) is 3.82. The number of oxazole rings is 1. The lowest BCUT2D eigenvalue weighted by atomic mass is 9.87. The maximum absolute atomic E-state index is 6.13. The molecule has 0 amide bonds. The summed E-state index contributed by atoms with van der Waals surface area (Å²) >= 11 is 0. The van der Waals surface area contributed by atoms with Gasteiger partial charge in [0.2, 0.25) is 5.88 Å². The molecule has 6 heteroatoms. The van der Waals surface area contributed by atoms with Crippen molar-refractivity contribution in [3.63, 3.8) is 0 Å². The van der Waals surface area contributed by atoms with Crippen molar-refractivity contribution in [1.82, 2.24) is 15.3 Å². The molecule has 1 aromatic carbocycles. The minimum Gasteiger partial charge on any atom is -0.472 e. The van der Waals surface area contributed by atoms with Gasteiger partial charge in [-0.25, -0.2) is 4.98 Å². The summed E-state index contributed by atoms with van der Waals surface area (Å²) in [5.41, 5.74) is 4.40. The molecule has 0 spiro atoms. The van der Waals surface area contributed by atoms with E-state index in [0.717, 1.165) is 34.1 Å². The first-order chi connectivity index (χ1) is 15.5. The number of aromatic nitrogens is 2. The van der Waals surface area contributed by atoms with Gasteiger partial charge in [-0.3, -0.25) is 0 Å². The van der Waals surface area contributed by atoms with Crippen LogP contribution in [-0.4, -0.2) is 35.1 Å². The van der Waals surface area contributed by atoms with E-state index in [0.29, 0.717) is 36.5 Å². The molecule has 0 saturated carbocycles. The van der Waals surface area contributed by atoms with Crippen LogP contribution < -0.4 is 15.0 Å². The number of hydrogen-bond acceptors (Lipinski definition) is 6. The fourth-order valence-corrected chi connectivity index (χ4v) is 5.83.